The second kappa shape index (κ2) is 9.18. The number of carbonyl (C=O) groups is 1. The summed E-state index contributed by atoms with van der Waals surface area (Å²) in [7, 11) is 0. The van der Waals surface area contributed by atoms with E-state index in [4.69, 9.17) is 0 Å². The topological polar surface area (TPSA) is 141 Å². The van der Waals surface area contributed by atoms with Gasteiger partial charge in [-0.1, -0.05) is 27.2 Å². The molecule has 0 aromatic carbocycles. The highest BCUT2D eigenvalue weighted by Gasteiger charge is 2.56. The highest BCUT2D eigenvalue weighted by atomic mass is 32.1. The van der Waals surface area contributed by atoms with Gasteiger partial charge in [-0.3, -0.25) is 14.9 Å². The zero-order chi connectivity index (χ0) is 26.4. The Morgan fingerprint density at radius 1 is 1.16 bits per heavy atom. The number of halogens is 1. The molecule has 4 aromatic heterocycles. The summed E-state index contributed by atoms with van der Waals surface area (Å²) in [6.45, 7) is 5.84. The second-order valence-corrected chi connectivity index (χ2v) is 11.3. The van der Waals surface area contributed by atoms with Crippen LogP contribution in [-0.4, -0.2) is 47.6 Å². The van der Waals surface area contributed by atoms with E-state index >= 15 is 4.39 Å². The van der Waals surface area contributed by atoms with Crippen LogP contribution in [0.15, 0.2) is 47.4 Å². The molecule has 1 saturated carbocycles. The molecule has 1 aliphatic rings. The van der Waals surface area contributed by atoms with Gasteiger partial charge in [0.15, 0.2) is 11.6 Å². The van der Waals surface area contributed by atoms with E-state index in [-0.39, 0.29) is 5.82 Å². The van der Waals surface area contributed by atoms with Gasteiger partial charge in [0.25, 0.3) is 0 Å². The van der Waals surface area contributed by atoms with E-state index < -0.39 is 34.5 Å². The molecule has 10 nitrogen and oxygen atoms in total. The Morgan fingerprint density at radius 2 is 1.92 bits per heavy atom. The minimum atomic E-state index is -1.19. The summed E-state index contributed by atoms with van der Waals surface area (Å²) in [4.78, 5) is 33.8. The molecule has 0 saturated heterocycles. The number of thiophene rings is 1. The van der Waals surface area contributed by atoms with Crippen molar-refractivity contribution in [1.82, 2.24) is 30.4 Å². The number of anilines is 1. The van der Waals surface area contributed by atoms with Crippen LogP contribution in [0.5, 0.6) is 0 Å². The summed E-state index contributed by atoms with van der Waals surface area (Å²) in [6.07, 6.45) is 2.44. The standard InChI is InChI=1S/C25H26FN7O3S/c1-24(2,3)21(25(11-5-12-25)19-14(26)6-4-13-27-19)33(23(35)36)18-10-7-15(29-30-18)16-8-9-17(37-16)20-28-22(34)32-31-20/h4,6-10,13,21H,5,11-12H2,1-3H3,(H,35,36)(H2,28,31,32,34). The van der Waals surface area contributed by atoms with Crippen LogP contribution in [0.4, 0.5) is 15.0 Å². The van der Waals surface area contributed by atoms with Gasteiger partial charge in [-0.25, -0.2) is 19.1 Å². The van der Waals surface area contributed by atoms with Gasteiger partial charge in [0.1, 0.15) is 11.5 Å². The van der Waals surface area contributed by atoms with Gasteiger partial charge in [-0.15, -0.1) is 21.5 Å². The van der Waals surface area contributed by atoms with Crippen LogP contribution in [-0.2, 0) is 5.41 Å². The summed E-state index contributed by atoms with van der Waals surface area (Å²) in [5.74, 6) is 0.144. The van der Waals surface area contributed by atoms with Crippen LogP contribution in [0.2, 0.25) is 0 Å². The van der Waals surface area contributed by atoms with Gasteiger partial charge in [0.05, 0.1) is 21.5 Å². The molecular formula is C25H26FN7O3S. The lowest BCUT2D eigenvalue weighted by Gasteiger charge is -2.54. The van der Waals surface area contributed by atoms with E-state index in [1.807, 2.05) is 32.9 Å². The van der Waals surface area contributed by atoms with Crippen molar-refractivity contribution in [1.29, 1.82) is 0 Å². The summed E-state index contributed by atoms with van der Waals surface area (Å²) < 4.78 is 15.0. The van der Waals surface area contributed by atoms with E-state index in [1.165, 1.54) is 28.4 Å². The van der Waals surface area contributed by atoms with Crippen molar-refractivity contribution in [3.8, 4) is 21.3 Å². The molecule has 1 fully saturated rings. The van der Waals surface area contributed by atoms with Crippen molar-refractivity contribution in [2.75, 3.05) is 4.90 Å². The molecule has 5 rings (SSSR count). The number of nitrogens with one attached hydrogen (secondary N) is 2. The first-order valence-electron chi connectivity index (χ1n) is 11.8. The minimum absolute atomic E-state index is 0.159. The molecule has 1 aliphatic carbocycles. The lowest BCUT2D eigenvalue weighted by Crippen LogP contribution is -2.62. The number of hydrogen-bond donors (Lipinski definition) is 3. The summed E-state index contributed by atoms with van der Waals surface area (Å²) in [5, 5.41) is 25.3. The van der Waals surface area contributed by atoms with Crippen molar-refractivity contribution in [3.05, 3.63) is 64.6 Å². The fraction of sp³-hybridized carbons (Fsp3) is 0.360. The number of amides is 1. The third kappa shape index (κ3) is 4.41. The predicted molar refractivity (Wildman–Crippen MR) is 137 cm³/mol. The molecule has 12 heteroatoms. The maximum atomic E-state index is 15.0. The Kier molecular flexibility index (Phi) is 6.14. The summed E-state index contributed by atoms with van der Waals surface area (Å²) in [5.41, 5.74) is -0.909. The first kappa shape index (κ1) is 24.8. The number of rotatable bonds is 6. The Bertz CT molecular complexity index is 1480. The molecule has 0 aliphatic heterocycles. The van der Waals surface area contributed by atoms with Crippen LogP contribution in [0.3, 0.4) is 0 Å². The molecule has 37 heavy (non-hydrogen) atoms. The number of carboxylic acid groups (broad SMARTS) is 1. The van der Waals surface area contributed by atoms with Crippen LogP contribution < -0.4 is 10.6 Å². The third-order valence-corrected chi connectivity index (χ3v) is 7.89. The lowest BCUT2D eigenvalue weighted by atomic mass is 9.55. The maximum Gasteiger partial charge on any atom is 0.413 e. The number of aromatic amines is 2. The van der Waals surface area contributed by atoms with Gasteiger partial charge in [-0.2, -0.15) is 5.10 Å². The molecule has 192 valence electrons. The number of aromatic nitrogens is 6. The first-order valence-corrected chi connectivity index (χ1v) is 12.6. The molecule has 4 heterocycles. The normalized spacial score (nSPS) is 15.7. The molecule has 1 unspecified atom stereocenters. The molecule has 0 bridgehead atoms. The zero-order valence-electron chi connectivity index (χ0n) is 20.5. The van der Waals surface area contributed by atoms with E-state index in [2.05, 4.69) is 30.4 Å². The van der Waals surface area contributed by atoms with E-state index in [1.54, 1.807) is 18.3 Å². The lowest BCUT2D eigenvalue weighted by molar-refractivity contribution is 0.0972. The van der Waals surface area contributed by atoms with Gasteiger partial charge in [0, 0.05) is 11.6 Å². The predicted octanol–water partition coefficient (Wildman–Crippen LogP) is 4.84. The molecule has 1 amide bonds. The Hall–Kier alpha value is -3.93. The maximum absolute atomic E-state index is 15.0. The number of pyridine rings is 1. The SMILES string of the molecule is CC(C)(C)C(N(C(=O)O)c1ccc(-c2ccc(-c3n[nH]c(=O)[nH]3)s2)nn1)C1(c2ncccc2F)CCC1. The second-order valence-electron chi connectivity index (χ2n) is 10.2. The van der Waals surface area contributed by atoms with Gasteiger partial charge in [0.2, 0.25) is 0 Å². The van der Waals surface area contributed by atoms with Crippen molar-refractivity contribution in [3.63, 3.8) is 0 Å². The van der Waals surface area contributed by atoms with Crippen LogP contribution in [0.25, 0.3) is 21.3 Å². The monoisotopic (exact) mass is 523 g/mol. The molecule has 0 radical (unpaired) electrons. The zero-order valence-corrected chi connectivity index (χ0v) is 21.3. The van der Waals surface area contributed by atoms with E-state index in [0.717, 1.165) is 16.2 Å². The molecule has 1 atom stereocenters. The molecule has 0 spiro atoms. The fourth-order valence-electron chi connectivity index (χ4n) is 5.33. The average Bonchev–Trinajstić information content (AvgIpc) is 3.47. The number of nitrogens with zero attached hydrogens (tertiary/aromatic N) is 5. The molecule has 4 aromatic rings. The van der Waals surface area contributed by atoms with Crippen LogP contribution >= 0.6 is 11.3 Å². The quantitative estimate of drug-likeness (QED) is 0.328. The van der Waals surface area contributed by atoms with Crippen molar-refractivity contribution < 1.29 is 14.3 Å². The fourth-order valence-corrected chi connectivity index (χ4v) is 6.24. The van der Waals surface area contributed by atoms with Gasteiger partial charge < -0.3 is 5.11 Å². The third-order valence-electron chi connectivity index (χ3n) is 6.77. The van der Waals surface area contributed by atoms with Crippen molar-refractivity contribution in [2.24, 2.45) is 5.41 Å². The number of hydrogen-bond acceptors (Lipinski definition) is 7. The Morgan fingerprint density at radius 3 is 2.46 bits per heavy atom. The Labute approximate surface area is 215 Å². The minimum Gasteiger partial charge on any atom is -0.465 e. The Balaban J connectivity index is 1.52. The first-order chi connectivity index (χ1) is 17.6. The average molecular weight is 524 g/mol. The van der Waals surface area contributed by atoms with Crippen molar-refractivity contribution >= 4 is 23.2 Å². The molecular weight excluding hydrogens is 497 g/mol. The smallest absolute Gasteiger partial charge is 0.413 e. The largest absolute Gasteiger partial charge is 0.465 e. The summed E-state index contributed by atoms with van der Waals surface area (Å²) >= 11 is 1.36. The van der Waals surface area contributed by atoms with Gasteiger partial charge in [-0.05, 0) is 54.7 Å². The highest BCUT2D eigenvalue weighted by molar-refractivity contribution is 7.18. The van der Waals surface area contributed by atoms with E-state index in [0.29, 0.717) is 30.1 Å². The summed E-state index contributed by atoms with van der Waals surface area (Å²) in [6, 6.07) is 9.23. The highest BCUT2D eigenvalue weighted by Crippen LogP contribution is 2.53. The van der Waals surface area contributed by atoms with Crippen LogP contribution in [0.1, 0.15) is 45.7 Å². The van der Waals surface area contributed by atoms with Crippen molar-refractivity contribution in [2.45, 2.75) is 51.5 Å². The van der Waals surface area contributed by atoms with E-state index in [9.17, 15) is 14.7 Å². The number of H-pyrrole nitrogens is 2. The molecule has 3 N–H and O–H groups in total. The van der Waals surface area contributed by atoms with Gasteiger partial charge >= 0.3 is 11.8 Å². The van der Waals surface area contributed by atoms with Crippen LogP contribution in [0, 0.1) is 11.2 Å².